The molecule has 0 bridgehead atoms. The topological polar surface area (TPSA) is 26.3 Å². The summed E-state index contributed by atoms with van der Waals surface area (Å²) in [4.78, 5) is 12.4. The van der Waals surface area contributed by atoms with Crippen molar-refractivity contribution in [3.63, 3.8) is 0 Å². The standard InChI is InChI=1S/C16H18O2S/c1-11(2)19-10-14(17)16-13-7-5-4-6-12(13)8-9-15(16)18-3/h4-9,11H,10H2,1-3H3. The Morgan fingerprint density at radius 3 is 2.63 bits per heavy atom. The molecule has 0 N–H and O–H groups in total. The molecule has 0 aliphatic carbocycles. The van der Waals surface area contributed by atoms with E-state index in [9.17, 15) is 4.79 Å². The van der Waals surface area contributed by atoms with Gasteiger partial charge in [0.2, 0.25) is 0 Å². The molecule has 100 valence electrons. The quantitative estimate of drug-likeness (QED) is 0.765. The number of carbonyl (C=O) groups excluding carboxylic acids is 1. The van der Waals surface area contributed by atoms with Crippen LogP contribution in [0.4, 0.5) is 0 Å². The Morgan fingerprint density at radius 2 is 1.95 bits per heavy atom. The van der Waals surface area contributed by atoms with Crippen molar-refractivity contribution in [2.75, 3.05) is 12.9 Å². The molecule has 2 nitrogen and oxygen atoms in total. The zero-order valence-electron chi connectivity index (χ0n) is 11.5. The lowest BCUT2D eigenvalue weighted by molar-refractivity contribution is 0.102. The molecule has 0 unspecified atom stereocenters. The van der Waals surface area contributed by atoms with Crippen molar-refractivity contribution >= 4 is 28.3 Å². The van der Waals surface area contributed by atoms with E-state index in [1.54, 1.807) is 18.9 Å². The SMILES string of the molecule is COc1ccc2ccccc2c1C(=O)CSC(C)C. The molecular weight excluding hydrogens is 256 g/mol. The number of hydrogen-bond donors (Lipinski definition) is 0. The lowest BCUT2D eigenvalue weighted by Gasteiger charge is -2.11. The second-order valence-electron chi connectivity index (χ2n) is 4.65. The number of ketones is 1. The van der Waals surface area contributed by atoms with E-state index >= 15 is 0 Å². The summed E-state index contributed by atoms with van der Waals surface area (Å²) in [6.07, 6.45) is 0. The van der Waals surface area contributed by atoms with Gasteiger partial charge in [-0.3, -0.25) is 4.79 Å². The van der Waals surface area contributed by atoms with Crippen molar-refractivity contribution in [3.8, 4) is 5.75 Å². The van der Waals surface area contributed by atoms with Gasteiger partial charge in [0.05, 0.1) is 18.4 Å². The Hall–Kier alpha value is -1.48. The summed E-state index contributed by atoms with van der Waals surface area (Å²) in [7, 11) is 1.61. The van der Waals surface area contributed by atoms with Gasteiger partial charge in [0, 0.05) is 0 Å². The van der Waals surface area contributed by atoms with Gasteiger partial charge in [-0.2, -0.15) is 11.8 Å². The highest BCUT2D eigenvalue weighted by molar-refractivity contribution is 8.00. The molecule has 0 saturated carbocycles. The third-order valence-electron chi connectivity index (χ3n) is 2.94. The van der Waals surface area contributed by atoms with E-state index in [1.807, 2.05) is 36.4 Å². The van der Waals surface area contributed by atoms with E-state index in [0.717, 1.165) is 10.8 Å². The molecule has 2 aromatic carbocycles. The Bertz CT molecular complexity index is 590. The van der Waals surface area contributed by atoms with E-state index < -0.39 is 0 Å². The number of benzene rings is 2. The van der Waals surface area contributed by atoms with Gasteiger partial charge in [-0.25, -0.2) is 0 Å². The molecule has 0 heterocycles. The molecule has 0 amide bonds. The number of methoxy groups -OCH3 is 1. The Labute approximate surface area is 118 Å². The van der Waals surface area contributed by atoms with Gasteiger partial charge < -0.3 is 4.74 Å². The van der Waals surface area contributed by atoms with Gasteiger partial charge in [-0.1, -0.05) is 44.2 Å². The third-order valence-corrected chi connectivity index (χ3v) is 4.03. The molecule has 3 heteroatoms. The summed E-state index contributed by atoms with van der Waals surface area (Å²) in [6.45, 7) is 4.19. The first-order valence-corrected chi connectivity index (χ1v) is 7.39. The lowest BCUT2D eigenvalue weighted by Crippen LogP contribution is -2.07. The molecule has 0 atom stereocenters. The third kappa shape index (κ3) is 3.10. The number of fused-ring (bicyclic) bond motifs is 1. The molecule has 0 aliphatic rings. The van der Waals surface area contributed by atoms with Crippen LogP contribution in [0.3, 0.4) is 0 Å². The van der Waals surface area contributed by atoms with Gasteiger partial charge in [-0.15, -0.1) is 0 Å². The van der Waals surface area contributed by atoms with Crippen molar-refractivity contribution < 1.29 is 9.53 Å². The molecule has 0 radical (unpaired) electrons. The first-order chi connectivity index (χ1) is 9.13. The van der Waals surface area contributed by atoms with Crippen LogP contribution >= 0.6 is 11.8 Å². The van der Waals surface area contributed by atoms with Crippen molar-refractivity contribution in [2.45, 2.75) is 19.1 Å². The average Bonchev–Trinajstić information content (AvgIpc) is 2.43. The number of Topliss-reactive ketones (excluding diaryl/α,β-unsaturated/α-hetero) is 1. The minimum atomic E-state index is 0.132. The zero-order valence-corrected chi connectivity index (χ0v) is 12.3. The van der Waals surface area contributed by atoms with Crippen LogP contribution in [0.25, 0.3) is 10.8 Å². The van der Waals surface area contributed by atoms with Crippen LogP contribution in [0, 0.1) is 0 Å². The van der Waals surface area contributed by atoms with E-state index in [-0.39, 0.29) is 5.78 Å². The normalized spacial score (nSPS) is 10.9. The molecule has 0 spiro atoms. The number of thioether (sulfide) groups is 1. The molecule has 0 aliphatic heterocycles. The highest BCUT2D eigenvalue weighted by Gasteiger charge is 2.16. The number of ether oxygens (including phenoxy) is 1. The average molecular weight is 274 g/mol. The fourth-order valence-electron chi connectivity index (χ4n) is 2.02. The molecule has 2 rings (SSSR count). The van der Waals surface area contributed by atoms with Crippen LogP contribution < -0.4 is 4.74 Å². The molecule has 0 aromatic heterocycles. The van der Waals surface area contributed by atoms with Crippen LogP contribution in [0.1, 0.15) is 24.2 Å². The summed E-state index contributed by atoms with van der Waals surface area (Å²) in [5.41, 5.74) is 0.703. The fraction of sp³-hybridized carbons (Fsp3) is 0.312. The summed E-state index contributed by atoms with van der Waals surface area (Å²) >= 11 is 1.66. The monoisotopic (exact) mass is 274 g/mol. The van der Waals surface area contributed by atoms with Gasteiger partial charge in [0.15, 0.2) is 5.78 Å². The van der Waals surface area contributed by atoms with E-state index in [0.29, 0.717) is 22.3 Å². The van der Waals surface area contributed by atoms with Gasteiger partial charge >= 0.3 is 0 Å². The number of hydrogen-bond acceptors (Lipinski definition) is 3. The highest BCUT2D eigenvalue weighted by atomic mass is 32.2. The van der Waals surface area contributed by atoms with Crippen LogP contribution in [0.15, 0.2) is 36.4 Å². The maximum absolute atomic E-state index is 12.4. The van der Waals surface area contributed by atoms with E-state index in [1.165, 1.54) is 0 Å². The first-order valence-electron chi connectivity index (χ1n) is 6.34. The van der Waals surface area contributed by atoms with Crippen molar-refractivity contribution in [3.05, 3.63) is 42.0 Å². The molecule has 19 heavy (non-hydrogen) atoms. The minimum absolute atomic E-state index is 0.132. The summed E-state index contributed by atoms with van der Waals surface area (Å²) in [5, 5.41) is 2.49. The Balaban J connectivity index is 2.46. The molecule has 0 saturated heterocycles. The minimum Gasteiger partial charge on any atom is -0.496 e. The lowest BCUT2D eigenvalue weighted by atomic mass is 10.0. The zero-order chi connectivity index (χ0) is 13.8. The number of carbonyl (C=O) groups is 1. The molecule has 0 fully saturated rings. The second kappa shape index (κ2) is 6.11. The summed E-state index contributed by atoms with van der Waals surface area (Å²) < 4.78 is 5.35. The van der Waals surface area contributed by atoms with Crippen LogP contribution in [0.5, 0.6) is 5.75 Å². The predicted octanol–water partition coefficient (Wildman–Crippen LogP) is 4.17. The van der Waals surface area contributed by atoms with Crippen LogP contribution in [-0.4, -0.2) is 23.9 Å². The van der Waals surface area contributed by atoms with E-state index in [4.69, 9.17) is 4.74 Å². The molecule has 2 aromatic rings. The van der Waals surface area contributed by atoms with Crippen molar-refractivity contribution in [1.82, 2.24) is 0 Å². The fourth-order valence-corrected chi connectivity index (χ4v) is 2.65. The largest absolute Gasteiger partial charge is 0.496 e. The Morgan fingerprint density at radius 1 is 1.21 bits per heavy atom. The maximum Gasteiger partial charge on any atom is 0.177 e. The highest BCUT2D eigenvalue weighted by Crippen LogP contribution is 2.29. The second-order valence-corrected chi connectivity index (χ2v) is 6.21. The van der Waals surface area contributed by atoms with Crippen molar-refractivity contribution in [1.29, 1.82) is 0 Å². The Kier molecular flexibility index (Phi) is 4.48. The maximum atomic E-state index is 12.4. The van der Waals surface area contributed by atoms with Crippen molar-refractivity contribution in [2.24, 2.45) is 0 Å². The smallest absolute Gasteiger partial charge is 0.177 e. The van der Waals surface area contributed by atoms with Gasteiger partial charge in [0.25, 0.3) is 0 Å². The van der Waals surface area contributed by atoms with Crippen LogP contribution in [-0.2, 0) is 0 Å². The summed E-state index contributed by atoms with van der Waals surface area (Å²) in [5.74, 6) is 1.28. The molecular formula is C16H18O2S. The number of rotatable bonds is 5. The van der Waals surface area contributed by atoms with Gasteiger partial charge in [0.1, 0.15) is 5.75 Å². The van der Waals surface area contributed by atoms with Gasteiger partial charge in [-0.05, 0) is 22.1 Å². The summed E-state index contributed by atoms with van der Waals surface area (Å²) in [6, 6.07) is 11.8. The first kappa shape index (κ1) is 13.9. The predicted molar refractivity (Wildman–Crippen MR) is 82.4 cm³/mol. The van der Waals surface area contributed by atoms with E-state index in [2.05, 4.69) is 13.8 Å². The van der Waals surface area contributed by atoms with Crippen LogP contribution in [0.2, 0.25) is 0 Å².